The van der Waals surface area contributed by atoms with Gasteiger partial charge in [0.1, 0.15) is 13.1 Å². The van der Waals surface area contributed by atoms with Crippen LogP contribution in [0.25, 0.3) is 0 Å². The average Bonchev–Trinajstić information content (AvgIpc) is 2.97. The number of nitrogens with zero attached hydrogens (tertiary/aromatic N) is 3. The fraction of sp³-hybridized carbons (Fsp3) is 0.692. The van der Waals surface area contributed by atoms with E-state index in [0.29, 0.717) is 19.5 Å². The van der Waals surface area contributed by atoms with Gasteiger partial charge in [-0.25, -0.2) is 4.79 Å². The lowest BCUT2D eigenvalue weighted by Gasteiger charge is -2.20. The summed E-state index contributed by atoms with van der Waals surface area (Å²) in [5.74, 6) is -1.28. The number of carboxylic acids is 1. The first-order valence-electron chi connectivity index (χ1n) is 6.93. The maximum absolute atomic E-state index is 12.1. The molecular formula is C13H19N3O5. The number of hydrogen-bond donors (Lipinski definition) is 1. The Morgan fingerprint density at radius 1 is 1.33 bits per heavy atom. The summed E-state index contributed by atoms with van der Waals surface area (Å²) in [5.41, 5.74) is 0. The van der Waals surface area contributed by atoms with Crippen LogP contribution >= 0.6 is 0 Å². The van der Waals surface area contributed by atoms with Gasteiger partial charge in [0.05, 0.1) is 0 Å². The van der Waals surface area contributed by atoms with E-state index in [1.54, 1.807) is 4.90 Å². The molecule has 0 aliphatic carbocycles. The standard InChI is InChI=1S/C13H19N3O5/c1-14-7-11(18)16(13(14)21)8-10(17)15-5-4-9(6-15)2-3-12(19)20/h9H,2-8H2,1H3,(H,19,20). The number of likely N-dealkylation sites (tertiary alicyclic amines) is 1. The maximum atomic E-state index is 12.1. The first kappa shape index (κ1) is 15.3. The van der Waals surface area contributed by atoms with Gasteiger partial charge in [-0.1, -0.05) is 0 Å². The molecule has 1 atom stereocenters. The van der Waals surface area contributed by atoms with E-state index in [9.17, 15) is 19.2 Å². The van der Waals surface area contributed by atoms with Crippen molar-refractivity contribution in [1.82, 2.24) is 14.7 Å². The van der Waals surface area contributed by atoms with Crippen LogP contribution in [0.1, 0.15) is 19.3 Å². The monoisotopic (exact) mass is 297 g/mol. The number of imide groups is 1. The van der Waals surface area contributed by atoms with E-state index in [1.165, 1.54) is 11.9 Å². The highest BCUT2D eigenvalue weighted by molar-refractivity contribution is 6.04. The summed E-state index contributed by atoms with van der Waals surface area (Å²) in [6.07, 6.45) is 1.41. The molecule has 1 unspecified atom stereocenters. The Hall–Kier alpha value is -2.12. The molecule has 0 radical (unpaired) electrons. The molecule has 8 nitrogen and oxygen atoms in total. The minimum absolute atomic E-state index is 0.00729. The highest BCUT2D eigenvalue weighted by atomic mass is 16.4. The van der Waals surface area contributed by atoms with E-state index in [0.717, 1.165) is 11.3 Å². The van der Waals surface area contributed by atoms with Crippen LogP contribution in [0.5, 0.6) is 0 Å². The second-order valence-electron chi connectivity index (χ2n) is 5.55. The van der Waals surface area contributed by atoms with Crippen LogP contribution in [0.15, 0.2) is 0 Å². The summed E-state index contributed by atoms with van der Waals surface area (Å²) in [5, 5.41) is 8.65. The molecule has 0 aromatic carbocycles. The van der Waals surface area contributed by atoms with Crippen LogP contribution in [0.3, 0.4) is 0 Å². The molecule has 0 aromatic rings. The smallest absolute Gasteiger partial charge is 0.327 e. The molecule has 0 saturated carbocycles. The molecule has 4 amide bonds. The van der Waals surface area contributed by atoms with Crippen LogP contribution in [0, 0.1) is 5.92 Å². The SMILES string of the molecule is CN1CC(=O)N(CC(=O)N2CCC(CCC(=O)O)C2)C1=O. The average molecular weight is 297 g/mol. The Morgan fingerprint density at radius 2 is 2.05 bits per heavy atom. The van der Waals surface area contributed by atoms with Crippen LogP contribution in [0.4, 0.5) is 4.79 Å². The number of carboxylic acid groups (broad SMARTS) is 1. The number of likely N-dealkylation sites (N-methyl/N-ethyl adjacent to an activating group) is 1. The lowest BCUT2D eigenvalue weighted by Crippen LogP contribution is -2.42. The third kappa shape index (κ3) is 3.50. The van der Waals surface area contributed by atoms with Crippen molar-refractivity contribution in [3.63, 3.8) is 0 Å². The number of rotatable bonds is 5. The van der Waals surface area contributed by atoms with E-state index >= 15 is 0 Å². The molecule has 21 heavy (non-hydrogen) atoms. The van der Waals surface area contributed by atoms with Gasteiger partial charge in [0.2, 0.25) is 5.91 Å². The van der Waals surface area contributed by atoms with Crippen molar-refractivity contribution < 1.29 is 24.3 Å². The molecule has 0 spiro atoms. The summed E-state index contributed by atoms with van der Waals surface area (Å²) in [7, 11) is 1.52. The number of carbonyl (C=O) groups is 4. The fourth-order valence-corrected chi connectivity index (χ4v) is 2.68. The van der Waals surface area contributed by atoms with Crippen molar-refractivity contribution in [2.24, 2.45) is 5.92 Å². The van der Waals surface area contributed by atoms with Gasteiger partial charge >= 0.3 is 12.0 Å². The molecule has 2 aliphatic rings. The molecule has 2 fully saturated rings. The molecule has 1 N–H and O–H groups in total. The molecule has 2 aliphatic heterocycles. The Labute approximate surface area is 122 Å². The van der Waals surface area contributed by atoms with Crippen molar-refractivity contribution in [2.75, 3.05) is 33.2 Å². The van der Waals surface area contributed by atoms with Crippen molar-refractivity contribution in [3.05, 3.63) is 0 Å². The van der Waals surface area contributed by atoms with Gasteiger partial charge in [-0.15, -0.1) is 0 Å². The molecular weight excluding hydrogens is 278 g/mol. The van der Waals surface area contributed by atoms with Gasteiger partial charge in [-0.3, -0.25) is 19.3 Å². The lowest BCUT2D eigenvalue weighted by molar-refractivity contribution is -0.137. The number of urea groups is 1. The zero-order chi connectivity index (χ0) is 15.6. The molecule has 0 bridgehead atoms. The zero-order valence-corrected chi connectivity index (χ0v) is 11.9. The fourth-order valence-electron chi connectivity index (χ4n) is 2.68. The Balaban J connectivity index is 1.83. The van der Waals surface area contributed by atoms with Gasteiger partial charge in [0, 0.05) is 26.6 Å². The summed E-state index contributed by atoms with van der Waals surface area (Å²) >= 11 is 0. The molecule has 116 valence electrons. The predicted molar refractivity (Wildman–Crippen MR) is 71.3 cm³/mol. The topological polar surface area (TPSA) is 98.2 Å². The molecule has 2 saturated heterocycles. The highest BCUT2D eigenvalue weighted by Gasteiger charge is 2.36. The summed E-state index contributed by atoms with van der Waals surface area (Å²) < 4.78 is 0. The van der Waals surface area contributed by atoms with E-state index < -0.39 is 12.0 Å². The second-order valence-corrected chi connectivity index (χ2v) is 5.55. The van der Waals surface area contributed by atoms with Crippen LogP contribution in [0.2, 0.25) is 0 Å². The summed E-state index contributed by atoms with van der Waals surface area (Å²) in [6, 6.07) is -0.449. The molecule has 2 rings (SSSR count). The summed E-state index contributed by atoms with van der Waals surface area (Å²) in [4.78, 5) is 49.8. The Morgan fingerprint density at radius 3 is 2.62 bits per heavy atom. The molecule has 0 aromatic heterocycles. The van der Waals surface area contributed by atoms with Gasteiger partial charge < -0.3 is 14.9 Å². The van der Waals surface area contributed by atoms with Crippen LogP contribution in [-0.4, -0.2) is 76.8 Å². The van der Waals surface area contributed by atoms with E-state index in [1.807, 2.05) is 0 Å². The van der Waals surface area contributed by atoms with Crippen molar-refractivity contribution in [2.45, 2.75) is 19.3 Å². The highest BCUT2D eigenvalue weighted by Crippen LogP contribution is 2.21. The quantitative estimate of drug-likeness (QED) is 0.696. The van der Waals surface area contributed by atoms with Gasteiger partial charge in [0.15, 0.2) is 0 Å². The normalized spacial score (nSPS) is 22.3. The van der Waals surface area contributed by atoms with Crippen LogP contribution < -0.4 is 0 Å². The van der Waals surface area contributed by atoms with Crippen LogP contribution in [-0.2, 0) is 14.4 Å². The Bertz CT molecular complexity index is 478. The number of aliphatic carboxylic acids is 1. The third-order valence-corrected chi connectivity index (χ3v) is 3.93. The molecule has 8 heteroatoms. The maximum Gasteiger partial charge on any atom is 0.327 e. The zero-order valence-electron chi connectivity index (χ0n) is 11.9. The third-order valence-electron chi connectivity index (χ3n) is 3.93. The van der Waals surface area contributed by atoms with Gasteiger partial charge in [-0.05, 0) is 18.8 Å². The van der Waals surface area contributed by atoms with Gasteiger partial charge in [-0.2, -0.15) is 0 Å². The Kier molecular flexibility index (Phi) is 4.44. The van der Waals surface area contributed by atoms with Crippen molar-refractivity contribution >= 4 is 23.8 Å². The minimum Gasteiger partial charge on any atom is -0.481 e. The number of hydrogen-bond acceptors (Lipinski definition) is 4. The minimum atomic E-state index is -0.837. The van der Waals surface area contributed by atoms with E-state index in [2.05, 4.69) is 0 Å². The largest absolute Gasteiger partial charge is 0.481 e. The van der Waals surface area contributed by atoms with Crippen molar-refractivity contribution in [3.8, 4) is 0 Å². The predicted octanol–water partition coefficient (Wildman–Crippen LogP) is -0.406. The lowest BCUT2D eigenvalue weighted by atomic mass is 10.0. The first-order valence-corrected chi connectivity index (χ1v) is 6.93. The van der Waals surface area contributed by atoms with Gasteiger partial charge in [0.25, 0.3) is 5.91 Å². The first-order chi connectivity index (χ1) is 9.88. The number of amides is 4. The van der Waals surface area contributed by atoms with E-state index in [4.69, 9.17) is 5.11 Å². The summed E-state index contributed by atoms with van der Waals surface area (Å²) in [6.45, 7) is 0.828. The molecule has 2 heterocycles. The van der Waals surface area contributed by atoms with Crippen molar-refractivity contribution in [1.29, 1.82) is 0 Å². The van der Waals surface area contributed by atoms with E-state index in [-0.39, 0.29) is 37.2 Å². The number of carbonyl (C=O) groups excluding carboxylic acids is 3. The second kappa shape index (κ2) is 6.11.